The van der Waals surface area contributed by atoms with E-state index in [0.29, 0.717) is 48.0 Å². The highest BCUT2D eigenvalue weighted by molar-refractivity contribution is 5.94. The summed E-state index contributed by atoms with van der Waals surface area (Å²) in [4.78, 5) is 30.4. The molecule has 9 atom stereocenters. The number of fused-ring (bicyclic) bond motifs is 5. The largest absolute Gasteiger partial charge is 0.389 e. The number of carbonyl (C=O) groups excluding carboxylic acids is 2. The van der Waals surface area contributed by atoms with E-state index in [1.807, 2.05) is 35.2 Å². The first-order chi connectivity index (χ1) is 18.0. The molecule has 1 aliphatic heterocycles. The lowest BCUT2D eigenvalue weighted by atomic mass is 9.44. The van der Waals surface area contributed by atoms with Gasteiger partial charge in [-0.1, -0.05) is 32.0 Å². The van der Waals surface area contributed by atoms with E-state index in [9.17, 15) is 14.7 Å². The Morgan fingerprint density at radius 3 is 2.47 bits per heavy atom. The molecule has 4 saturated carbocycles. The molecule has 6 rings (SSSR count). The maximum Gasteiger partial charge on any atom is 0.254 e. The van der Waals surface area contributed by atoms with Crippen LogP contribution in [0, 0.1) is 34.5 Å². The summed E-state index contributed by atoms with van der Waals surface area (Å²) in [7, 11) is 0. The van der Waals surface area contributed by atoms with Crippen LogP contribution >= 0.6 is 0 Å². The van der Waals surface area contributed by atoms with Crippen molar-refractivity contribution in [3.05, 3.63) is 35.9 Å². The number of hydrogen-bond donors (Lipinski definition) is 1. The Kier molecular flexibility index (Phi) is 6.58. The second kappa shape index (κ2) is 9.44. The van der Waals surface area contributed by atoms with Gasteiger partial charge in [-0.3, -0.25) is 14.5 Å². The highest BCUT2D eigenvalue weighted by atomic mass is 16.3. The zero-order chi connectivity index (χ0) is 26.9. The van der Waals surface area contributed by atoms with E-state index >= 15 is 0 Å². The van der Waals surface area contributed by atoms with Crippen molar-refractivity contribution in [3.63, 3.8) is 0 Å². The van der Waals surface area contributed by atoms with Gasteiger partial charge in [0.1, 0.15) is 5.78 Å². The third-order valence-corrected chi connectivity index (χ3v) is 12.4. The summed E-state index contributed by atoms with van der Waals surface area (Å²) in [6.07, 6.45) is 9.48. The predicted octanol–water partition coefficient (Wildman–Crippen LogP) is 5.56. The number of carbonyl (C=O) groups is 2. The molecular formula is C33H48N2O3. The standard InChI is InChI=1S/C33H48N2O3/c1-22-20-35(30(37)24-8-6-5-7-9-24)23(2)19-34(22)21-33(38)17-16-31(3)25(18-33)10-11-26-27-12-13-29(36)32(27,4)15-14-28(26)31/h5-9,22-23,25-28,38H,10-21H2,1-4H3/t22?,23?,25-,26-,27-,28-,31-,32-,33+/m0/s1. The van der Waals surface area contributed by atoms with E-state index in [4.69, 9.17) is 0 Å². The van der Waals surface area contributed by atoms with Crippen molar-refractivity contribution < 1.29 is 14.7 Å². The zero-order valence-electron chi connectivity index (χ0n) is 24.0. The monoisotopic (exact) mass is 520 g/mol. The third kappa shape index (κ3) is 4.18. The molecule has 1 amide bonds. The average Bonchev–Trinajstić information content (AvgIpc) is 3.21. The Bertz CT molecular complexity index is 1080. The molecule has 0 spiro atoms. The fourth-order valence-electron chi connectivity index (χ4n) is 10.1. The molecule has 5 fully saturated rings. The minimum Gasteiger partial charge on any atom is -0.389 e. The van der Waals surface area contributed by atoms with Gasteiger partial charge in [-0.25, -0.2) is 0 Å². The van der Waals surface area contributed by atoms with Crippen LogP contribution in [0.25, 0.3) is 0 Å². The molecule has 5 nitrogen and oxygen atoms in total. The number of Topliss-reactive ketones (excluding diaryl/α,β-unsaturated/α-hetero) is 1. The molecule has 5 aliphatic rings. The molecule has 0 radical (unpaired) electrons. The van der Waals surface area contributed by atoms with Gasteiger partial charge < -0.3 is 10.0 Å². The molecule has 1 aromatic rings. The van der Waals surface area contributed by atoms with E-state index < -0.39 is 5.60 Å². The van der Waals surface area contributed by atoms with E-state index in [-0.39, 0.29) is 23.4 Å². The molecule has 1 N–H and O–H groups in total. The van der Waals surface area contributed by atoms with Gasteiger partial charge in [-0.2, -0.15) is 0 Å². The first-order valence-corrected chi connectivity index (χ1v) is 15.4. The number of piperazine rings is 1. The van der Waals surface area contributed by atoms with E-state index in [2.05, 4.69) is 32.6 Å². The van der Waals surface area contributed by atoms with Gasteiger partial charge in [0, 0.05) is 49.1 Å². The maximum atomic E-state index is 13.2. The van der Waals surface area contributed by atoms with Crippen molar-refractivity contribution in [1.29, 1.82) is 0 Å². The Hall–Kier alpha value is -1.72. The van der Waals surface area contributed by atoms with Gasteiger partial charge in [0.25, 0.3) is 5.91 Å². The summed E-state index contributed by atoms with van der Waals surface area (Å²) in [5.74, 6) is 3.20. The molecule has 38 heavy (non-hydrogen) atoms. The van der Waals surface area contributed by atoms with Gasteiger partial charge in [0.05, 0.1) is 5.60 Å². The summed E-state index contributed by atoms with van der Waals surface area (Å²) in [6, 6.07) is 9.96. The number of nitrogens with zero attached hydrogens (tertiary/aromatic N) is 2. The first-order valence-electron chi connectivity index (χ1n) is 15.4. The highest BCUT2D eigenvalue weighted by Crippen LogP contribution is 2.66. The van der Waals surface area contributed by atoms with Crippen molar-refractivity contribution in [1.82, 2.24) is 9.80 Å². The number of hydrogen-bond acceptors (Lipinski definition) is 4. The average molecular weight is 521 g/mol. The number of ketones is 1. The van der Waals surface area contributed by atoms with E-state index in [1.165, 1.54) is 19.3 Å². The zero-order valence-corrected chi connectivity index (χ0v) is 24.0. The first kappa shape index (κ1) is 26.5. The van der Waals surface area contributed by atoms with Crippen LogP contribution in [0.5, 0.6) is 0 Å². The fourth-order valence-corrected chi connectivity index (χ4v) is 10.1. The minimum absolute atomic E-state index is 0.0589. The smallest absolute Gasteiger partial charge is 0.254 e. The Morgan fingerprint density at radius 2 is 1.71 bits per heavy atom. The van der Waals surface area contributed by atoms with Crippen molar-refractivity contribution in [3.8, 4) is 0 Å². The van der Waals surface area contributed by atoms with Crippen LogP contribution in [-0.2, 0) is 4.79 Å². The Morgan fingerprint density at radius 1 is 0.947 bits per heavy atom. The summed E-state index contributed by atoms with van der Waals surface area (Å²) in [6.45, 7) is 11.4. The second-order valence-corrected chi connectivity index (χ2v) is 14.5. The number of amides is 1. The Labute approximate surface area is 229 Å². The van der Waals surface area contributed by atoms with Crippen molar-refractivity contribution >= 4 is 11.7 Å². The molecule has 2 unspecified atom stereocenters. The molecule has 5 heteroatoms. The number of β-amino-alcohol motifs (C(OH)–C–C–N with tert-alkyl or cyclic N) is 1. The number of benzene rings is 1. The van der Waals surface area contributed by atoms with Crippen molar-refractivity contribution in [2.24, 2.45) is 34.5 Å². The lowest BCUT2D eigenvalue weighted by Crippen LogP contribution is -2.62. The molecule has 208 valence electrons. The summed E-state index contributed by atoms with van der Waals surface area (Å²) in [5.41, 5.74) is 0.340. The topological polar surface area (TPSA) is 60.9 Å². The SMILES string of the molecule is CC1CN(C(=O)c2ccccc2)C(C)CN1C[C@@]1(O)CC[C@@]2(C)[C@@H](CC[C@@H]3[C@@H]2CC[C@]2(C)C(=O)CC[C@@H]32)C1. The van der Waals surface area contributed by atoms with Crippen molar-refractivity contribution in [2.45, 2.75) is 103 Å². The summed E-state index contributed by atoms with van der Waals surface area (Å²) in [5, 5.41) is 12.0. The normalized spacial score (nSPS) is 45.3. The third-order valence-electron chi connectivity index (χ3n) is 12.4. The van der Waals surface area contributed by atoms with Crippen molar-refractivity contribution in [2.75, 3.05) is 19.6 Å². The molecule has 1 heterocycles. The van der Waals surface area contributed by atoms with Gasteiger partial charge in [-0.05, 0) is 106 Å². The molecular weight excluding hydrogens is 472 g/mol. The van der Waals surface area contributed by atoms with E-state index in [1.54, 1.807) is 0 Å². The quantitative estimate of drug-likeness (QED) is 0.567. The fraction of sp³-hybridized carbons (Fsp3) is 0.758. The second-order valence-electron chi connectivity index (χ2n) is 14.5. The molecule has 1 saturated heterocycles. The van der Waals surface area contributed by atoms with Gasteiger partial charge >= 0.3 is 0 Å². The summed E-state index contributed by atoms with van der Waals surface area (Å²) < 4.78 is 0. The predicted molar refractivity (Wildman–Crippen MR) is 150 cm³/mol. The van der Waals surface area contributed by atoms with Crippen LogP contribution in [-0.4, -0.2) is 63.9 Å². The lowest BCUT2D eigenvalue weighted by molar-refractivity contribution is -0.159. The molecule has 0 aromatic heterocycles. The van der Waals surface area contributed by atoms with E-state index in [0.717, 1.165) is 50.6 Å². The van der Waals surface area contributed by atoms with Gasteiger partial charge in [-0.15, -0.1) is 0 Å². The van der Waals surface area contributed by atoms with Crippen LogP contribution in [0.3, 0.4) is 0 Å². The Balaban J connectivity index is 1.11. The van der Waals surface area contributed by atoms with Gasteiger partial charge in [0.15, 0.2) is 0 Å². The highest BCUT2D eigenvalue weighted by Gasteiger charge is 2.61. The number of aliphatic hydroxyl groups is 1. The molecule has 0 bridgehead atoms. The maximum absolute atomic E-state index is 13.2. The van der Waals surface area contributed by atoms with Crippen LogP contribution in [0.1, 0.15) is 95.8 Å². The van der Waals surface area contributed by atoms with Crippen LogP contribution in [0.4, 0.5) is 0 Å². The van der Waals surface area contributed by atoms with Crippen LogP contribution in [0.15, 0.2) is 30.3 Å². The number of rotatable bonds is 3. The molecule has 4 aliphatic carbocycles. The minimum atomic E-state index is -0.650. The summed E-state index contributed by atoms with van der Waals surface area (Å²) >= 11 is 0. The van der Waals surface area contributed by atoms with Crippen LogP contribution in [0.2, 0.25) is 0 Å². The van der Waals surface area contributed by atoms with Crippen LogP contribution < -0.4 is 0 Å². The lowest BCUT2D eigenvalue weighted by Gasteiger charge is -2.61. The molecule has 1 aromatic carbocycles. The van der Waals surface area contributed by atoms with Gasteiger partial charge in [0.2, 0.25) is 0 Å².